The number of nitrogens with one attached hydrogen (secondary N) is 1. The zero-order valence-corrected chi connectivity index (χ0v) is 18.7. The van der Waals surface area contributed by atoms with Gasteiger partial charge in [0.1, 0.15) is 11.3 Å². The van der Waals surface area contributed by atoms with Gasteiger partial charge in [0.05, 0.1) is 7.11 Å². The van der Waals surface area contributed by atoms with Crippen molar-refractivity contribution in [2.45, 2.75) is 38.9 Å². The lowest BCUT2D eigenvalue weighted by atomic mass is 9.82. The van der Waals surface area contributed by atoms with Crippen LogP contribution in [-0.4, -0.2) is 29.4 Å². The molecule has 0 fully saturated rings. The van der Waals surface area contributed by atoms with Gasteiger partial charge >= 0.3 is 0 Å². The van der Waals surface area contributed by atoms with Crippen LogP contribution in [-0.2, 0) is 24.3 Å². The molecule has 4 rings (SSSR count). The summed E-state index contributed by atoms with van der Waals surface area (Å²) >= 11 is 0. The fraction of sp³-hybridized carbons (Fsp3) is 0.259. The lowest BCUT2D eigenvalue weighted by Crippen LogP contribution is -2.62. The molecule has 0 spiro atoms. The second kappa shape index (κ2) is 8.87. The third-order valence-electron chi connectivity index (χ3n) is 6.21. The highest BCUT2D eigenvalue weighted by Crippen LogP contribution is 2.33. The number of aryl methyl sites for hydroxylation is 1. The molecule has 0 aromatic heterocycles. The van der Waals surface area contributed by atoms with Crippen LogP contribution < -0.4 is 10.1 Å². The lowest BCUT2D eigenvalue weighted by molar-refractivity contribution is -0.132. The summed E-state index contributed by atoms with van der Waals surface area (Å²) in [5.41, 5.74) is 3.58. The van der Waals surface area contributed by atoms with Crippen molar-refractivity contribution >= 4 is 11.8 Å². The van der Waals surface area contributed by atoms with Crippen LogP contribution in [0.5, 0.6) is 5.75 Å². The summed E-state index contributed by atoms with van der Waals surface area (Å²) in [6.45, 7) is 4.58. The average molecular weight is 429 g/mol. The van der Waals surface area contributed by atoms with Gasteiger partial charge in [0.25, 0.3) is 5.91 Å². The van der Waals surface area contributed by atoms with Gasteiger partial charge in [-0.3, -0.25) is 9.59 Å². The predicted octanol–water partition coefficient (Wildman–Crippen LogP) is 4.28. The van der Waals surface area contributed by atoms with Gasteiger partial charge in [-0.05, 0) is 37.1 Å². The normalized spacial score (nSPS) is 17.6. The monoisotopic (exact) mass is 428 g/mol. The number of hydrogen-bond donors (Lipinski definition) is 1. The molecule has 0 aliphatic carbocycles. The minimum atomic E-state index is -1.02. The quantitative estimate of drug-likeness (QED) is 0.638. The van der Waals surface area contributed by atoms with E-state index in [1.54, 1.807) is 12.0 Å². The second-order valence-corrected chi connectivity index (χ2v) is 8.48. The van der Waals surface area contributed by atoms with Gasteiger partial charge in [-0.2, -0.15) is 0 Å². The van der Waals surface area contributed by atoms with Crippen molar-refractivity contribution < 1.29 is 14.3 Å². The fourth-order valence-electron chi connectivity index (χ4n) is 4.26. The summed E-state index contributed by atoms with van der Waals surface area (Å²) in [7, 11) is 1.61. The maximum absolute atomic E-state index is 13.6. The molecule has 1 atom stereocenters. The van der Waals surface area contributed by atoms with Crippen molar-refractivity contribution in [2.24, 2.45) is 0 Å². The van der Waals surface area contributed by atoms with E-state index in [2.05, 4.69) is 5.32 Å². The molecule has 3 aromatic rings. The molecule has 0 bridgehead atoms. The van der Waals surface area contributed by atoms with Crippen LogP contribution in [0.2, 0.25) is 0 Å². The maximum atomic E-state index is 13.6. The van der Waals surface area contributed by atoms with Crippen LogP contribution in [0.3, 0.4) is 0 Å². The first-order valence-corrected chi connectivity index (χ1v) is 10.8. The average Bonchev–Trinajstić information content (AvgIpc) is 2.81. The Morgan fingerprint density at radius 1 is 1.03 bits per heavy atom. The van der Waals surface area contributed by atoms with E-state index in [-0.39, 0.29) is 11.8 Å². The molecule has 1 N–H and O–H groups in total. The highest BCUT2D eigenvalue weighted by Gasteiger charge is 2.46. The van der Waals surface area contributed by atoms with E-state index in [4.69, 9.17) is 4.74 Å². The molecule has 1 heterocycles. The molecule has 1 aliphatic heterocycles. The van der Waals surface area contributed by atoms with Gasteiger partial charge in [-0.25, -0.2) is 0 Å². The Kier molecular flexibility index (Phi) is 5.99. The molecule has 5 nitrogen and oxygen atoms in total. The van der Waals surface area contributed by atoms with Crippen molar-refractivity contribution in [2.75, 3.05) is 7.11 Å². The van der Waals surface area contributed by atoms with Gasteiger partial charge in [-0.1, -0.05) is 66.2 Å². The largest absolute Gasteiger partial charge is 0.496 e. The zero-order chi connectivity index (χ0) is 22.7. The van der Waals surface area contributed by atoms with E-state index in [9.17, 15) is 9.59 Å². The third-order valence-corrected chi connectivity index (χ3v) is 6.21. The number of nitrogens with zero attached hydrogens (tertiary/aromatic N) is 1. The molecule has 1 aliphatic rings. The zero-order valence-electron chi connectivity index (χ0n) is 18.7. The van der Waals surface area contributed by atoms with E-state index in [1.165, 1.54) is 0 Å². The SMILES string of the molecule is COc1ccccc1CNC(=O)C1(C)Cc2ccccc2C(=O)N1Cc1ccc(C)cc1. The number of carbonyl (C=O) groups is 2. The van der Waals surface area contributed by atoms with Gasteiger partial charge in [-0.15, -0.1) is 0 Å². The van der Waals surface area contributed by atoms with Crippen LogP contribution in [0.1, 0.15) is 39.5 Å². The van der Waals surface area contributed by atoms with E-state index in [0.29, 0.717) is 25.1 Å². The molecule has 164 valence electrons. The molecule has 0 saturated carbocycles. The van der Waals surface area contributed by atoms with Crippen LogP contribution in [0.4, 0.5) is 0 Å². The van der Waals surface area contributed by atoms with Crippen molar-refractivity contribution in [3.05, 3.63) is 101 Å². The predicted molar refractivity (Wildman–Crippen MR) is 124 cm³/mol. The molecule has 3 aromatic carbocycles. The van der Waals surface area contributed by atoms with E-state index in [1.807, 2.05) is 86.6 Å². The van der Waals surface area contributed by atoms with E-state index >= 15 is 0 Å². The minimum absolute atomic E-state index is 0.123. The summed E-state index contributed by atoms with van der Waals surface area (Å²) in [5.74, 6) is 0.417. The molecular weight excluding hydrogens is 400 g/mol. The van der Waals surface area contributed by atoms with Crippen LogP contribution in [0.15, 0.2) is 72.8 Å². The fourth-order valence-corrected chi connectivity index (χ4v) is 4.26. The number of para-hydroxylation sites is 1. The first-order chi connectivity index (χ1) is 15.4. The van der Waals surface area contributed by atoms with Crippen LogP contribution >= 0.6 is 0 Å². The molecule has 32 heavy (non-hydrogen) atoms. The Morgan fingerprint density at radius 2 is 1.72 bits per heavy atom. The number of rotatable bonds is 6. The Morgan fingerprint density at radius 3 is 2.47 bits per heavy atom. The van der Waals surface area contributed by atoms with Crippen molar-refractivity contribution in [1.29, 1.82) is 0 Å². The Hall–Kier alpha value is -3.60. The maximum Gasteiger partial charge on any atom is 0.255 e. The Bertz CT molecular complexity index is 1140. The van der Waals surface area contributed by atoms with Crippen molar-refractivity contribution in [3.8, 4) is 5.75 Å². The highest BCUT2D eigenvalue weighted by atomic mass is 16.5. The third kappa shape index (κ3) is 4.11. The standard InChI is InChI=1S/C27H28N2O3/c1-19-12-14-20(15-13-19)18-29-25(30)23-10-6-4-8-21(23)16-27(29,2)26(31)28-17-22-9-5-7-11-24(22)32-3/h4-15H,16-18H2,1-3H3,(H,28,31). The topological polar surface area (TPSA) is 58.6 Å². The number of fused-ring (bicyclic) bond motifs is 1. The van der Waals surface area contributed by atoms with Gasteiger partial charge in [0.15, 0.2) is 0 Å². The first kappa shape index (κ1) is 21.6. The smallest absolute Gasteiger partial charge is 0.255 e. The molecule has 5 heteroatoms. The van der Waals surface area contributed by atoms with Crippen molar-refractivity contribution in [3.63, 3.8) is 0 Å². The number of benzene rings is 3. The summed E-state index contributed by atoms with van der Waals surface area (Å²) in [5, 5.41) is 3.05. The lowest BCUT2D eigenvalue weighted by Gasteiger charge is -2.44. The minimum Gasteiger partial charge on any atom is -0.496 e. The summed E-state index contributed by atoms with van der Waals surface area (Å²) in [6.07, 6.45) is 0.457. The second-order valence-electron chi connectivity index (χ2n) is 8.48. The molecule has 1 unspecified atom stereocenters. The Balaban J connectivity index is 1.64. The highest BCUT2D eigenvalue weighted by molar-refractivity contribution is 6.02. The van der Waals surface area contributed by atoms with E-state index < -0.39 is 5.54 Å². The number of ether oxygens (including phenoxy) is 1. The number of amides is 2. The Labute approximate surface area is 189 Å². The molecule has 0 saturated heterocycles. The number of carbonyl (C=O) groups excluding carboxylic acids is 2. The van der Waals surface area contributed by atoms with Crippen molar-refractivity contribution in [1.82, 2.24) is 10.2 Å². The van der Waals surface area contributed by atoms with Gasteiger partial charge < -0.3 is 15.0 Å². The summed E-state index contributed by atoms with van der Waals surface area (Å²) in [4.78, 5) is 28.8. The van der Waals surface area contributed by atoms with E-state index in [0.717, 1.165) is 28.0 Å². The molecular formula is C27H28N2O3. The number of methoxy groups -OCH3 is 1. The van der Waals surface area contributed by atoms with Gasteiger partial charge in [0, 0.05) is 30.6 Å². The molecule has 2 amide bonds. The summed E-state index contributed by atoms with van der Waals surface area (Å²) in [6, 6.07) is 23.2. The first-order valence-electron chi connectivity index (χ1n) is 10.8. The van der Waals surface area contributed by atoms with Crippen LogP contribution in [0, 0.1) is 6.92 Å². The van der Waals surface area contributed by atoms with Crippen LogP contribution in [0.25, 0.3) is 0 Å². The summed E-state index contributed by atoms with van der Waals surface area (Å²) < 4.78 is 5.41. The molecule has 0 radical (unpaired) electrons. The number of hydrogen-bond acceptors (Lipinski definition) is 3. The van der Waals surface area contributed by atoms with Gasteiger partial charge in [0.2, 0.25) is 5.91 Å².